The zero-order chi connectivity index (χ0) is 21.1. The van der Waals surface area contributed by atoms with Crippen LogP contribution in [0.2, 0.25) is 0 Å². The summed E-state index contributed by atoms with van der Waals surface area (Å²) in [7, 11) is 3.10. The summed E-state index contributed by atoms with van der Waals surface area (Å²) in [4.78, 5) is 30.5. The molecule has 0 radical (unpaired) electrons. The quantitative estimate of drug-likeness (QED) is 0.508. The molecule has 0 unspecified atom stereocenters. The lowest BCUT2D eigenvalue weighted by Gasteiger charge is -2.21. The number of carbonyl (C=O) groups excluding carboxylic acids is 2. The first-order chi connectivity index (χ1) is 14.0. The van der Waals surface area contributed by atoms with E-state index >= 15 is 0 Å². The highest BCUT2D eigenvalue weighted by Crippen LogP contribution is 2.23. The summed E-state index contributed by atoms with van der Waals surface area (Å²) in [6, 6.07) is 6.23. The Labute approximate surface area is 173 Å². The Morgan fingerprint density at radius 1 is 1.17 bits per heavy atom. The minimum absolute atomic E-state index is 0.156. The molecule has 0 spiro atoms. The number of nitrogens with one attached hydrogen (secondary N) is 2. The fraction of sp³-hybridized carbons (Fsp3) is 0.421. The van der Waals surface area contributed by atoms with Gasteiger partial charge in [0.25, 0.3) is 5.91 Å². The third-order valence-corrected chi connectivity index (χ3v) is 4.69. The molecule has 1 aromatic carbocycles. The predicted octanol–water partition coefficient (Wildman–Crippen LogP) is 2.27. The van der Waals surface area contributed by atoms with Crippen LogP contribution in [0.15, 0.2) is 29.6 Å². The number of hydrogen-bond donors (Lipinski definition) is 2. The average Bonchev–Trinajstić information content (AvgIpc) is 3.18. The number of halogens is 1. The average molecular weight is 424 g/mol. The maximum absolute atomic E-state index is 13.8. The number of para-hydroxylation sites is 1. The van der Waals surface area contributed by atoms with Crippen LogP contribution in [0.1, 0.15) is 16.9 Å². The van der Waals surface area contributed by atoms with Crippen LogP contribution in [-0.2, 0) is 14.3 Å². The molecule has 1 aromatic heterocycles. The van der Waals surface area contributed by atoms with Crippen molar-refractivity contribution in [3.05, 3.63) is 41.2 Å². The Kier molecular flexibility index (Phi) is 9.48. The molecule has 29 heavy (non-hydrogen) atoms. The Morgan fingerprint density at radius 2 is 1.93 bits per heavy atom. The summed E-state index contributed by atoms with van der Waals surface area (Å²) >= 11 is 1.20. The smallest absolute Gasteiger partial charge is 0.273 e. The molecule has 2 N–H and O–H groups in total. The van der Waals surface area contributed by atoms with Gasteiger partial charge in [0.05, 0.1) is 18.9 Å². The van der Waals surface area contributed by atoms with Crippen LogP contribution in [0.3, 0.4) is 0 Å². The topological polar surface area (TPSA) is 92.8 Å². The number of hydrogen-bond acceptors (Lipinski definition) is 7. The fourth-order valence-corrected chi connectivity index (χ4v) is 3.10. The van der Waals surface area contributed by atoms with Crippen molar-refractivity contribution < 1.29 is 23.5 Å². The number of aromatic nitrogens is 1. The number of rotatable bonds is 12. The van der Waals surface area contributed by atoms with Gasteiger partial charge in [-0.25, -0.2) is 9.37 Å². The first-order valence-electron chi connectivity index (χ1n) is 9.06. The molecule has 10 heteroatoms. The number of amides is 2. The normalized spacial score (nSPS) is 10.6. The standard InChI is InChI=1S/C19H25FN4O4S/c1-27-11-8-21-17(25)7-9-24(10-12-28-2)18(26)16-13-29-19(23-16)22-15-6-4-3-5-14(15)20/h3-6,13H,7-12H2,1-2H3,(H,21,25)(H,22,23). The van der Waals surface area contributed by atoms with Crippen molar-refractivity contribution in [3.8, 4) is 0 Å². The van der Waals surface area contributed by atoms with E-state index in [0.717, 1.165) is 0 Å². The number of methoxy groups -OCH3 is 2. The van der Waals surface area contributed by atoms with Gasteiger partial charge in [-0.3, -0.25) is 9.59 Å². The SMILES string of the molecule is COCCNC(=O)CCN(CCOC)C(=O)c1csc(Nc2ccccc2F)n1. The number of thiazole rings is 1. The molecule has 2 aromatic rings. The van der Waals surface area contributed by atoms with E-state index in [1.54, 1.807) is 37.8 Å². The summed E-state index contributed by atoms with van der Waals surface area (Å²) in [5.41, 5.74) is 0.509. The van der Waals surface area contributed by atoms with Crippen molar-refractivity contribution >= 4 is 34.0 Å². The molecule has 0 fully saturated rings. The van der Waals surface area contributed by atoms with Crippen LogP contribution < -0.4 is 10.6 Å². The van der Waals surface area contributed by atoms with E-state index in [9.17, 15) is 14.0 Å². The maximum atomic E-state index is 13.8. The summed E-state index contributed by atoms with van der Waals surface area (Å²) in [6.07, 6.45) is 0.156. The Bertz CT molecular complexity index is 802. The molecule has 0 saturated carbocycles. The number of anilines is 2. The second-order valence-corrected chi connectivity index (χ2v) is 6.88. The molecule has 8 nitrogen and oxygen atoms in total. The minimum Gasteiger partial charge on any atom is -0.383 e. The number of nitrogens with zero attached hydrogens (tertiary/aromatic N) is 2. The summed E-state index contributed by atoms with van der Waals surface area (Å²) in [6.45, 7) is 1.73. The lowest BCUT2D eigenvalue weighted by molar-refractivity contribution is -0.121. The summed E-state index contributed by atoms with van der Waals surface area (Å²) in [5.74, 6) is -0.890. The molecule has 158 valence electrons. The van der Waals surface area contributed by atoms with E-state index in [-0.39, 0.29) is 36.2 Å². The first kappa shape index (κ1) is 22.7. The van der Waals surface area contributed by atoms with E-state index in [0.29, 0.717) is 31.4 Å². The van der Waals surface area contributed by atoms with Gasteiger partial charge in [-0.1, -0.05) is 12.1 Å². The summed E-state index contributed by atoms with van der Waals surface area (Å²) < 4.78 is 23.7. The van der Waals surface area contributed by atoms with Gasteiger partial charge in [-0.05, 0) is 12.1 Å². The Hall–Kier alpha value is -2.56. The molecule has 2 rings (SSSR count). The van der Waals surface area contributed by atoms with Gasteiger partial charge in [0.1, 0.15) is 11.5 Å². The first-order valence-corrected chi connectivity index (χ1v) is 9.94. The molecule has 0 atom stereocenters. The van der Waals surface area contributed by atoms with Crippen molar-refractivity contribution in [2.45, 2.75) is 6.42 Å². The third-order valence-electron chi connectivity index (χ3n) is 3.93. The van der Waals surface area contributed by atoms with Crippen molar-refractivity contribution in [2.24, 2.45) is 0 Å². The van der Waals surface area contributed by atoms with Crippen molar-refractivity contribution in [1.29, 1.82) is 0 Å². The zero-order valence-corrected chi connectivity index (χ0v) is 17.3. The van der Waals surface area contributed by atoms with Gasteiger partial charge >= 0.3 is 0 Å². The number of carbonyl (C=O) groups is 2. The van der Waals surface area contributed by atoms with Crippen LogP contribution in [0.5, 0.6) is 0 Å². The highest BCUT2D eigenvalue weighted by molar-refractivity contribution is 7.14. The lowest BCUT2D eigenvalue weighted by atomic mass is 10.3. The van der Waals surface area contributed by atoms with Crippen LogP contribution in [0.25, 0.3) is 0 Å². The van der Waals surface area contributed by atoms with E-state index in [2.05, 4.69) is 15.6 Å². The summed E-state index contributed by atoms with van der Waals surface area (Å²) in [5, 5.41) is 7.59. The number of benzene rings is 1. The molecule has 2 amide bonds. The Balaban J connectivity index is 1.98. The van der Waals surface area contributed by atoms with E-state index in [4.69, 9.17) is 9.47 Å². The second-order valence-electron chi connectivity index (χ2n) is 6.02. The molecular weight excluding hydrogens is 399 g/mol. The molecule has 0 saturated heterocycles. The molecule has 0 aliphatic carbocycles. The van der Waals surface area contributed by atoms with Gasteiger partial charge < -0.3 is 25.0 Å². The van der Waals surface area contributed by atoms with Gasteiger partial charge in [0.2, 0.25) is 5.91 Å². The molecule has 0 aliphatic heterocycles. The van der Waals surface area contributed by atoms with Crippen LogP contribution in [0.4, 0.5) is 15.2 Å². The molecule has 1 heterocycles. The van der Waals surface area contributed by atoms with Gasteiger partial charge in [-0.15, -0.1) is 11.3 Å². The highest BCUT2D eigenvalue weighted by Gasteiger charge is 2.20. The highest BCUT2D eigenvalue weighted by atomic mass is 32.1. The van der Waals surface area contributed by atoms with Crippen LogP contribution in [-0.4, -0.2) is 68.8 Å². The molecular formula is C19H25FN4O4S. The van der Waals surface area contributed by atoms with Crippen molar-refractivity contribution in [3.63, 3.8) is 0 Å². The minimum atomic E-state index is -0.406. The predicted molar refractivity (Wildman–Crippen MR) is 109 cm³/mol. The second kappa shape index (κ2) is 12.1. The fourth-order valence-electron chi connectivity index (χ4n) is 2.40. The van der Waals surface area contributed by atoms with Crippen LogP contribution in [0, 0.1) is 5.82 Å². The lowest BCUT2D eigenvalue weighted by Crippen LogP contribution is -2.38. The van der Waals surface area contributed by atoms with Crippen LogP contribution >= 0.6 is 11.3 Å². The van der Waals surface area contributed by atoms with E-state index < -0.39 is 5.82 Å². The maximum Gasteiger partial charge on any atom is 0.273 e. The van der Waals surface area contributed by atoms with E-state index in [1.807, 2.05) is 0 Å². The van der Waals surface area contributed by atoms with E-state index in [1.165, 1.54) is 22.3 Å². The van der Waals surface area contributed by atoms with Gasteiger partial charge in [0.15, 0.2) is 5.13 Å². The molecule has 0 bridgehead atoms. The zero-order valence-electron chi connectivity index (χ0n) is 16.4. The van der Waals surface area contributed by atoms with Crippen molar-refractivity contribution in [1.82, 2.24) is 15.2 Å². The Morgan fingerprint density at radius 3 is 2.66 bits per heavy atom. The van der Waals surface area contributed by atoms with Crippen molar-refractivity contribution in [2.75, 3.05) is 52.4 Å². The largest absolute Gasteiger partial charge is 0.383 e. The van der Waals surface area contributed by atoms with Gasteiger partial charge in [-0.2, -0.15) is 0 Å². The monoisotopic (exact) mass is 424 g/mol. The number of ether oxygens (including phenoxy) is 2. The molecule has 0 aliphatic rings. The van der Waals surface area contributed by atoms with Gasteiger partial charge in [0, 0.05) is 45.7 Å². The third kappa shape index (κ3) is 7.41.